The van der Waals surface area contributed by atoms with E-state index in [4.69, 9.17) is 21.4 Å². The Hall–Kier alpha value is -1.79. The number of hydrogen-bond acceptors (Lipinski definition) is 5. The van der Waals surface area contributed by atoms with Crippen molar-refractivity contribution in [3.05, 3.63) is 28.8 Å². The number of halogens is 1. The van der Waals surface area contributed by atoms with E-state index in [9.17, 15) is 9.59 Å². The summed E-state index contributed by atoms with van der Waals surface area (Å²) in [6.07, 6.45) is 0.197. The first-order valence-electron chi connectivity index (χ1n) is 5.82. The van der Waals surface area contributed by atoms with E-state index in [1.807, 2.05) is 0 Å². The Kier molecular flexibility index (Phi) is 6.27. The van der Waals surface area contributed by atoms with Crippen molar-refractivity contribution in [1.82, 2.24) is 5.32 Å². The van der Waals surface area contributed by atoms with Crippen molar-refractivity contribution in [2.24, 2.45) is 0 Å². The summed E-state index contributed by atoms with van der Waals surface area (Å²) >= 11 is 5.99. The second-order valence-electron chi connectivity index (χ2n) is 3.97. The van der Waals surface area contributed by atoms with Crippen molar-refractivity contribution in [1.29, 1.82) is 0 Å². The van der Waals surface area contributed by atoms with Crippen LogP contribution in [0.5, 0.6) is 5.75 Å². The van der Waals surface area contributed by atoms with Crippen molar-refractivity contribution < 1.29 is 24.2 Å². The molecule has 0 aliphatic rings. The maximum atomic E-state index is 11.6. The van der Waals surface area contributed by atoms with Gasteiger partial charge in [0.2, 0.25) is 5.91 Å². The summed E-state index contributed by atoms with van der Waals surface area (Å²) in [7, 11) is 2.72. The van der Waals surface area contributed by atoms with Crippen LogP contribution < -0.4 is 10.1 Å². The van der Waals surface area contributed by atoms with Crippen LogP contribution in [-0.4, -0.2) is 43.9 Å². The minimum absolute atomic E-state index is 0.197. The normalized spacial score (nSPS) is 11.6. The van der Waals surface area contributed by atoms with Gasteiger partial charge in [0.25, 0.3) is 0 Å². The lowest BCUT2D eigenvalue weighted by atomic mass is 10.1. The van der Waals surface area contributed by atoms with Crippen LogP contribution in [0, 0.1) is 0 Å². The van der Waals surface area contributed by atoms with Crippen LogP contribution in [0.4, 0.5) is 0 Å². The molecule has 0 saturated heterocycles. The van der Waals surface area contributed by atoms with Crippen LogP contribution in [0.15, 0.2) is 18.2 Å². The lowest BCUT2D eigenvalue weighted by Crippen LogP contribution is -2.44. The molecule has 7 heteroatoms. The van der Waals surface area contributed by atoms with Crippen molar-refractivity contribution in [2.75, 3.05) is 20.8 Å². The molecular formula is C13H16ClNO5. The number of amides is 1. The maximum Gasteiger partial charge on any atom is 0.328 e. The van der Waals surface area contributed by atoms with Gasteiger partial charge in [0.15, 0.2) is 0 Å². The third-order valence-electron chi connectivity index (χ3n) is 2.62. The zero-order valence-electron chi connectivity index (χ0n) is 11.2. The predicted molar refractivity (Wildman–Crippen MR) is 72.7 cm³/mol. The molecule has 2 N–H and O–H groups in total. The molecule has 1 aromatic rings. The van der Waals surface area contributed by atoms with Crippen molar-refractivity contribution >= 4 is 23.5 Å². The number of ether oxygens (including phenoxy) is 2. The van der Waals surface area contributed by atoms with Gasteiger partial charge in [-0.2, -0.15) is 0 Å². The number of benzene rings is 1. The first-order chi connectivity index (χ1) is 9.51. The summed E-state index contributed by atoms with van der Waals surface area (Å²) in [5.41, 5.74) is 0.726. The molecule has 0 heterocycles. The summed E-state index contributed by atoms with van der Waals surface area (Å²) in [5.74, 6) is -0.733. The number of nitrogens with one attached hydrogen (secondary N) is 1. The fourth-order valence-electron chi connectivity index (χ4n) is 1.65. The quantitative estimate of drug-likeness (QED) is 0.749. The smallest absolute Gasteiger partial charge is 0.328 e. The van der Waals surface area contributed by atoms with Crippen molar-refractivity contribution in [3.63, 3.8) is 0 Å². The molecule has 0 aliphatic heterocycles. The lowest BCUT2D eigenvalue weighted by Gasteiger charge is -2.16. The van der Waals surface area contributed by atoms with Gasteiger partial charge >= 0.3 is 5.97 Å². The Bertz CT molecular complexity index is 492. The van der Waals surface area contributed by atoms with E-state index in [2.05, 4.69) is 10.1 Å². The molecule has 0 bridgehead atoms. The molecule has 0 saturated carbocycles. The highest BCUT2D eigenvalue weighted by Crippen LogP contribution is 2.25. The van der Waals surface area contributed by atoms with Crippen LogP contribution in [-0.2, 0) is 20.7 Å². The Morgan fingerprint density at radius 1 is 1.40 bits per heavy atom. The molecular weight excluding hydrogens is 286 g/mol. The van der Waals surface area contributed by atoms with Crippen molar-refractivity contribution in [2.45, 2.75) is 12.5 Å². The zero-order chi connectivity index (χ0) is 15.1. The predicted octanol–water partition coefficient (Wildman–Crippen LogP) is 0.541. The fourth-order valence-corrected chi connectivity index (χ4v) is 1.93. The largest absolute Gasteiger partial charge is 0.495 e. The number of carbonyl (C=O) groups is 2. The molecule has 20 heavy (non-hydrogen) atoms. The van der Waals surface area contributed by atoms with Gasteiger partial charge < -0.3 is 19.9 Å². The van der Waals surface area contributed by atoms with Gasteiger partial charge in [-0.1, -0.05) is 17.7 Å². The van der Waals surface area contributed by atoms with Gasteiger partial charge in [0, 0.05) is 6.42 Å². The molecule has 0 spiro atoms. The number of aliphatic hydroxyl groups is 1. The first-order valence-corrected chi connectivity index (χ1v) is 6.20. The Morgan fingerprint density at radius 3 is 2.60 bits per heavy atom. The van der Waals surface area contributed by atoms with E-state index < -0.39 is 24.5 Å². The molecule has 1 aromatic carbocycles. The van der Waals surface area contributed by atoms with Gasteiger partial charge in [-0.05, 0) is 17.7 Å². The number of aliphatic hydroxyl groups excluding tert-OH is 1. The summed E-state index contributed by atoms with van der Waals surface area (Å²) < 4.78 is 9.64. The minimum atomic E-state index is -0.885. The van der Waals surface area contributed by atoms with Gasteiger partial charge in [-0.15, -0.1) is 0 Å². The van der Waals surface area contributed by atoms with Crippen LogP contribution >= 0.6 is 11.6 Å². The molecule has 1 atom stereocenters. The van der Waals surface area contributed by atoms with E-state index in [-0.39, 0.29) is 6.42 Å². The molecule has 1 amide bonds. The molecule has 0 unspecified atom stereocenters. The third-order valence-corrected chi connectivity index (χ3v) is 2.92. The minimum Gasteiger partial charge on any atom is -0.495 e. The Balaban J connectivity index is 2.86. The molecule has 6 nitrogen and oxygen atoms in total. The summed E-state index contributed by atoms with van der Waals surface area (Å²) in [6, 6.07) is 4.15. The molecule has 0 aliphatic carbocycles. The van der Waals surface area contributed by atoms with E-state index in [0.29, 0.717) is 10.8 Å². The topological polar surface area (TPSA) is 84.9 Å². The standard InChI is InChI=1S/C13H16ClNO5/c1-19-11-4-3-8(5-9(11)14)6-10(13(18)20-2)15-12(17)7-16/h3-5,10,16H,6-7H2,1-2H3,(H,15,17)/t10-/m1/s1. The average molecular weight is 302 g/mol. The Morgan fingerprint density at radius 2 is 2.10 bits per heavy atom. The summed E-state index contributed by atoms with van der Waals surface area (Å²) in [6.45, 7) is -0.698. The van der Waals surface area contributed by atoms with E-state index in [1.54, 1.807) is 18.2 Å². The number of rotatable bonds is 6. The van der Waals surface area contributed by atoms with E-state index >= 15 is 0 Å². The van der Waals surface area contributed by atoms with Crippen molar-refractivity contribution in [3.8, 4) is 5.75 Å². The number of methoxy groups -OCH3 is 2. The SMILES string of the molecule is COC(=O)[C@@H](Cc1ccc(OC)c(Cl)c1)NC(=O)CO. The van der Waals surface area contributed by atoms with Crippen LogP contribution in [0.3, 0.4) is 0 Å². The van der Waals surface area contributed by atoms with Gasteiger partial charge in [-0.25, -0.2) is 4.79 Å². The number of hydrogen-bond donors (Lipinski definition) is 2. The monoisotopic (exact) mass is 301 g/mol. The highest BCUT2D eigenvalue weighted by atomic mass is 35.5. The molecule has 1 rings (SSSR count). The highest BCUT2D eigenvalue weighted by Gasteiger charge is 2.22. The molecule has 0 radical (unpaired) electrons. The van der Waals surface area contributed by atoms with Gasteiger partial charge in [0.1, 0.15) is 18.4 Å². The number of esters is 1. The van der Waals surface area contributed by atoms with E-state index in [1.165, 1.54) is 14.2 Å². The van der Waals surface area contributed by atoms with Gasteiger partial charge in [0.05, 0.1) is 19.2 Å². The number of carbonyl (C=O) groups excluding carboxylic acids is 2. The highest BCUT2D eigenvalue weighted by molar-refractivity contribution is 6.32. The van der Waals surface area contributed by atoms with Crippen LogP contribution in [0.1, 0.15) is 5.56 Å². The first kappa shape index (κ1) is 16.3. The second-order valence-corrected chi connectivity index (χ2v) is 4.38. The summed E-state index contributed by atoms with van der Waals surface area (Å²) in [5, 5.41) is 11.5. The lowest BCUT2D eigenvalue weighted by molar-refractivity contribution is -0.145. The molecule has 0 fully saturated rings. The third kappa shape index (κ3) is 4.40. The molecule has 0 aromatic heterocycles. The average Bonchev–Trinajstić information content (AvgIpc) is 2.45. The van der Waals surface area contributed by atoms with Crippen LogP contribution in [0.25, 0.3) is 0 Å². The summed E-state index contributed by atoms with van der Waals surface area (Å²) in [4.78, 5) is 22.8. The Labute approximate surface area is 121 Å². The molecule has 110 valence electrons. The zero-order valence-corrected chi connectivity index (χ0v) is 11.9. The maximum absolute atomic E-state index is 11.6. The van der Waals surface area contributed by atoms with Crippen LogP contribution in [0.2, 0.25) is 5.02 Å². The fraction of sp³-hybridized carbons (Fsp3) is 0.385. The second kappa shape index (κ2) is 7.72. The van der Waals surface area contributed by atoms with Gasteiger partial charge in [-0.3, -0.25) is 4.79 Å². The van der Waals surface area contributed by atoms with E-state index in [0.717, 1.165) is 5.56 Å².